The van der Waals surface area contributed by atoms with E-state index in [4.69, 9.17) is 4.74 Å². The van der Waals surface area contributed by atoms with E-state index in [0.717, 1.165) is 35.7 Å². The molecule has 1 unspecified atom stereocenters. The van der Waals surface area contributed by atoms with Crippen molar-refractivity contribution < 1.29 is 9.53 Å². The first-order valence-corrected chi connectivity index (χ1v) is 7.55. The van der Waals surface area contributed by atoms with Gasteiger partial charge in [-0.1, -0.05) is 12.2 Å². The van der Waals surface area contributed by atoms with Gasteiger partial charge in [0, 0.05) is 36.9 Å². The minimum Gasteiger partial charge on any atom is -0.426 e. The van der Waals surface area contributed by atoms with E-state index in [9.17, 15) is 9.59 Å². The van der Waals surface area contributed by atoms with E-state index in [1.165, 1.54) is 6.92 Å². The monoisotopic (exact) mass is 297 g/mol. The van der Waals surface area contributed by atoms with Crippen LogP contribution in [0.5, 0.6) is 5.75 Å². The lowest BCUT2D eigenvalue weighted by Crippen LogP contribution is -2.16. The first-order valence-electron chi connectivity index (χ1n) is 7.55. The summed E-state index contributed by atoms with van der Waals surface area (Å²) in [5.41, 5.74) is 1.81. The zero-order valence-corrected chi connectivity index (χ0v) is 12.8. The average molecular weight is 297 g/mol. The van der Waals surface area contributed by atoms with Crippen molar-refractivity contribution in [3.05, 3.63) is 52.3 Å². The Bertz CT molecular complexity index is 817. The molecule has 0 saturated heterocycles. The number of hydrogen-bond donors (Lipinski definition) is 0. The van der Waals surface area contributed by atoms with E-state index in [1.807, 2.05) is 12.1 Å². The van der Waals surface area contributed by atoms with Crippen molar-refractivity contribution in [2.45, 2.75) is 32.1 Å². The van der Waals surface area contributed by atoms with Gasteiger partial charge in [0.2, 0.25) is 0 Å². The van der Waals surface area contributed by atoms with Crippen LogP contribution in [0, 0.1) is 0 Å². The number of esters is 1. The van der Waals surface area contributed by atoms with E-state index in [2.05, 4.69) is 12.2 Å². The number of allylic oxidation sites excluding steroid dienone is 2. The molecule has 0 bridgehead atoms. The molecule has 1 heterocycles. The number of carbonyl (C=O) groups is 1. The number of aromatic nitrogens is 1. The second-order valence-corrected chi connectivity index (χ2v) is 5.70. The maximum absolute atomic E-state index is 11.8. The first kappa shape index (κ1) is 14.6. The summed E-state index contributed by atoms with van der Waals surface area (Å²) in [6.07, 6.45) is 7.57. The summed E-state index contributed by atoms with van der Waals surface area (Å²) in [5.74, 6) is 0.477. The lowest BCUT2D eigenvalue weighted by molar-refractivity contribution is -0.131. The van der Waals surface area contributed by atoms with E-state index < -0.39 is 0 Å². The molecule has 0 radical (unpaired) electrons. The number of ether oxygens (including phenoxy) is 1. The van der Waals surface area contributed by atoms with Gasteiger partial charge in [-0.2, -0.15) is 0 Å². The summed E-state index contributed by atoms with van der Waals surface area (Å²) in [7, 11) is 1.76. The molecule has 4 nitrogen and oxygen atoms in total. The quantitative estimate of drug-likeness (QED) is 0.485. The van der Waals surface area contributed by atoms with Crippen molar-refractivity contribution in [3.8, 4) is 5.75 Å². The summed E-state index contributed by atoms with van der Waals surface area (Å²) < 4.78 is 7.04. The topological polar surface area (TPSA) is 48.3 Å². The predicted octanol–water partition coefficient (Wildman–Crippen LogP) is 3.29. The Hall–Kier alpha value is -2.36. The van der Waals surface area contributed by atoms with Gasteiger partial charge in [0.25, 0.3) is 5.56 Å². The number of pyridine rings is 1. The third-order valence-corrected chi connectivity index (χ3v) is 4.19. The Labute approximate surface area is 129 Å². The minimum absolute atomic E-state index is 0.0436. The normalized spacial score (nSPS) is 17.6. The van der Waals surface area contributed by atoms with Gasteiger partial charge in [0.1, 0.15) is 5.75 Å². The van der Waals surface area contributed by atoms with Gasteiger partial charge in [0.15, 0.2) is 0 Å². The van der Waals surface area contributed by atoms with E-state index in [0.29, 0.717) is 5.75 Å². The van der Waals surface area contributed by atoms with E-state index in [-0.39, 0.29) is 17.4 Å². The highest BCUT2D eigenvalue weighted by Crippen LogP contribution is 2.38. The molecule has 1 aliphatic carbocycles. The van der Waals surface area contributed by atoms with Crippen LogP contribution in [0.3, 0.4) is 0 Å². The van der Waals surface area contributed by atoms with Crippen LogP contribution in [0.2, 0.25) is 0 Å². The molecule has 0 spiro atoms. The Morgan fingerprint density at radius 2 is 2.09 bits per heavy atom. The smallest absolute Gasteiger partial charge is 0.308 e. The van der Waals surface area contributed by atoms with Gasteiger partial charge in [-0.3, -0.25) is 9.59 Å². The fourth-order valence-electron chi connectivity index (χ4n) is 3.14. The van der Waals surface area contributed by atoms with Crippen molar-refractivity contribution in [1.82, 2.24) is 4.57 Å². The number of carbonyl (C=O) groups excluding carboxylic acids is 1. The minimum atomic E-state index is -0.329. The molecule has 2 aromatic rings. The van der Waals surface area contributed by atoms with Crippen molar-refractivity contribution in [2.24, 2.45) is 7.05 Å². The Morgan fingerprint density at radius 3 is 2.77 bits per heavy atom. The molecule has 1 aromatic carbocycles. The summed E-state index contributed by atoms with van der Waals surface area (Å²) in [6.45, 7) is 1.41. The Balaban J connectivity index is 2.28. The number of rotatable bonds is 2. The van der Waals surface area contributed by atoms with Crippen LogP contribution >= 0.6 is 0 Å². The Kier molecular flexibility index (Phi) is 3.84. The molecular formula is C18H19NO3. The summed E-state index contributed by atoms with van der Waals surface area (Å²) in [6, 6.07) is 7.03. The molecule has 1 aliphatic rings. The Morgan fingerprint density at radius 1 is 1.27 bits per heavy atom. The number of aryl methyl sites for hydroxylation is 1. The molecule has 0 aliphatic heterocycles. The van der Waals surface area contributed by atoms with Crippen LogP contribution in [0.15, 0.2) is 41.2 Å². The second kappa shape index (κ2) is 5.79. The van der Waals surface area contributed by atoms with Crippen LogP contribution < -0.4 is 10.3 Å². The van der Waals surface area contributed by atoms with Crippen LogP contribution in [-0.2, 0) is 11.8 Å². The summed E-state index contributed by atoms with van der Waals surface area (Å²) in [5, 5.41) is 0.970. The molecular weight excluding hydrogens is 278 g/mol. The molecule has 0 saturated carbocycles. The highest BCUT2D eigenvalue weighted by molar-refractivity contribution is 5.87. The molecule has 1 atom stereocenters. The van der Waals surface area contributed by atoms with Crippen molar-refractivity contribution >= 4 is 16.9 Å². The summed E-state index contributed by atoms with van der Waals surface area (Å²) >= 11 is 0. The summed E-state index contributed by atoms with van der Waals surface area (Å²) in [4.78, 5) is 23.3. The lowest BCUT2D eigenvalue weighted by Gasteiger charge is -2.22. The average Bonchev–Trinajstić information content (AvgIpc) is 2.51. The zero-order chi connectivity index (χ0) is 15.7. The van der Waals surface area contributed by atoms with E-state index in [1.54, 1.807) is 23.7 Å². The number of fused-ring (bicyclic) bond motifs is 1. The third kappa shape index (κ3) is 2.56. The second-order valence-electron chi connectivity index (χ2n) is 5.70. The first-order chi connectivity index (χ1) is 10.6. The molecule has 4 heteroatoms. The number of nitrogens with zero attached hydrogens (tertiary/aromatic N) is 1. The lowest BCUT2D eigenvalue weighted by atomic mass is 9.86. The van der Waals surface area contributed by atoms with Crippen LogP contribution in [-0.4, -0.2) is 10.5 Å². The molecule has 3 rings (SSSR count). The van der Waals surface area contributed by atoms with Gasteiger partial charge in [-0.15, -0.1) is 0 Å². The van der Waals surface area contributed by atoms with E-state index >= 15 is 0 Å². The molecule has 114 valence electrons. The van der Waals surface area contributed by atoms with Crippen LogP contribution in [0.25, 0.3) is 10.9 Å². The standard InChI is InChI=1S/C18H19NO3/c1-12(20)22-16-10-9-15-14(8-11-17(21)19(15)2)18(16)13-6-4-3-5-7-13/h4,6,8-11,13H,3,5,7H2,1-2H3. The van der Waals surface area contributed by atoms with Gasteiger partial charge in [-0.05, 0) is 37.5 Å². The SMILES string of the molecule is CC(=O)Oc1ccc2c(ccc(=O)n2C)c1C1C=CCCC1. The van der Waals surface area contributed by atoms with Gasteiger partial charge in [0.05, 0.1) is 5.52 Å². The maximum Gasteiger partial charge on any atom is 0.308 e. The molecule has 22 heavy (non-hydrogen) atoms. The maximum atomic E-state index is 11.8. The largest absolute Gasteiger partial charge is 0.426 e. The van der Waals surface area contributed by atoms with Gasteiger partial charge in [-0.25, -0.2) is 0 Å². The molecule has 0 N–H and O–H groups in total. The molecule has 1 aromatic heterocycles. The molecule has 0 fully saturated rings. The van der Waals surface area contributed by atoms with Crippen LogP contribution in [0.1, 0.15) is 37.7 Å². The van der Waals surface area contributed by atoms with Gasteiger partial charge >= 0.3 is 5.97 Å². The van der Waals surface area contributed by atoms with Crippen molar-refractivity contribution in [2.75, 3.05) is 0 Å². The predicted molar refractivity (Wildman–Crippen MR) is 86.2 cm³/mol. The van der Waals surface area contributed by atoms with Crippen LogP contribution in [0.4, 0.5) is 0 Å². The third-order valence-electron chi connectivity index (χ3n) is 4.19. The number of hydrogen-bond acceptors (Lipinski definition) is 3. The van der Waals surface area contributed by atoms with Crippen molar-refractivity contribution in [3.63, 3.8) is 0 Å². The fraction of sp³-hybridized carbons (Fsp3) is 0.333. The fourth-order valence-corrected chi connectivity index (χ4v) is 3.14. The molecule has 0 amide bonds. The van der Waals surface area contributed by atoms with Gasteiger partial charge < -0.3 is 9.30 Å². The number of benzene rings is 1. The van der Waals surface area contributed by atoms with Crippen molar-refractivity contribution in [1.29, 1.82) is 0 Å². The highest BCUT2D eigenvalue weighted by atomic mass is 16.5. The highest BCUT2D eigenvalue weighted by Gasteiger charge is 2.20. The zero-order valence-electron chi connectivity index (χ0n) is 12.8.